The Balaban J connectivity index is 1.80. The van der Waals surface area contributed by atoms with Crippen molar-refractivity contribution in [2.45, 2.75) is 12.5 Å². The van der Waals surface area contributed by atoms with Crippen molar-refractivity contribution in [3.05, 3.63) is 88.3 Å². The normalized spacial score (nSPS) is 22.3. The van der Waals surface area contributed by atoms with Crippen LogP contribution >= 0.6 is 11.6 Å². The maximum Gasteiger partial charge on any atom is 0.251 e. The van der Waals surface area contributed by atoms with Crippen molar-refractivity contribution in [1.29, 1.82) is 0 Å². The third-order valence-electron chi connectivity index (χ3n) is 4.22. The van der Waals surface area contributed by atoms with Crippen LogP contribution in [0.4, 0.5) is 0 Å². The van der Waals surface area contributed by atoms with Crippen LogP contribution < -0.4 is 11.1 Å². The molecular formula is C21H20ClN3O. The summed E-state index contributed by atoms with van der Waals surface area (Å²) in [5.74, 6) is -0.0809. The largest absolute Gasteiger partial charge is 0.345 e. The summed E-state index contributed by atoms with van der Waals surface area (Å²) in [5, 5.41) is 3.69. The van der Waals surface area contributed by atoms with Crippen molar-refractivity contribution in [2.24, 2.45) is 16.6 Å². The Morgan fingerprint density at radius 1 is 1.38 bits per heavy atom. The number of fused-ring (bicyclic) bond motifs is 1. The minimum Gasteiger partial charge on any atom is -0.345 e. The lowest BCUT2D eigenvalue weighted by Crippen LogP contribution is -2.31. The molecule has 0 saturated heterocycles. The van der Waals surface area contributed by atoms with Crippen molar-refractivity contribution in [3.63, 3.8) is 0 Å². The second-order valence-corrected chi connectivity index (χ2v) is 6.49. The van der Waals surface area contributed by atoms with E-state index in [4.69, 9.17) is 17.3 Å². The maximum absolute atomic E-state index is 12.8. The monoisotopic (exact) mass is 365 g/mol. The van der Waals surface area contributed by atoms with Gasteiger partial charge in [-0.25, -0.2) is 0 Å². The molecule has 1 aromatic carbocycles. The first kappa shape index (κ1) is 18.2. The second kappa shape index (κ2) is 8.63. The average molecular weight is 366 g/mol. The summed E-state index contributed by atoms with van der Waals surface area (Å²) in [6.07, 6.45) is 13.4. The fourth-order valence-electron chi connectivity index (χ4n) is 2.85. The van der Waals surface area contributed by atoms with Gasteiger partial charge >= 0.3 is 0 Å². The van der Waals surface area contributed by atoms with E-state index in [1.165, 1.54) is 0 Å². The molecule has 0 radical (unpaired) electrons. The van der Waals surface area contributed by atoms with E-state index in [0.29, 0.717) is 23.6 Å². The topological polar surface area (TPSA) is 67.5 Å². The SMILES string of the molecule is NCCC(NC(=O)C1=C/C=C=C2C=NC=CC2\C=C\1)c1cccc(Cl)c1. The molecule has 1 heterocycles. The summed E-state index contributed by atoms with van der Waals surface area (Å²) in [4.78, 5) is 16.9. The number of benzene rings is 1. The first-order valence-corrected chi connectivity index (χ1v) is 8.86. The van der Waals surface area contributed by atoms with E-state index in [9.17, 15) is 4.79 Å². The number of allylic oxidation sites excluding steroid dienone is 4. The molecule has 0 saturated carbocycles. The van der Waals surface area contributed by atoms with Crippen LogP contribution in [0.25, 0.3) is 0 Å². The van der Waals surface area contributed by atoms with Crippen molar-refractivity contribution in [2.75, 3.05) is 6.54 Å². The van der Waals surface area contributed by atoms with Gasteiger partial charge < -0.3 is 11.1 Å². The Labute approximate surface area is 158 Å². The Morgan fingerprint density at radius 2 is 2.27 bits per heavy atom. The van der Waals surface area contributed by atoms with E-state index < -0.39 is 0 Å². The highest BCUT2D eigenvalue weighted by Crippen LogP contribution is 2.22. The van der Waals surface area contributed by atoms with Crippen LogP contribution in [0.3, 0.4) is 0 Å². The molecule has 0 bridgehead atoms. The van der Waals surface area contributed by atoms with E-state index in [1.54, 1.807) is 24.6 Å². The highest BCUT2D eigenvalue weighted by molar-refractivity contribution is 6.30. The van der Waals surface area contributed by atoms with Gasteiger partial charge in [0.25, 0.3) is 5.91 Å². The third-order valence-corrected chi connectivity index (χ3v) is 4.46. The lowest BCUT2D eigenvalue weighted by Gasteiger charge is -2.19. The summed E-state index contributed by atoms with van der Waals surface area (Å²) < 4.78 is 0. The molecule has 3 rings (SSSR count). The Morgan fingerprint density at radius 3 is 3.08 bits per heavy atom. The minimum absolute atomic E-state index is 0.0769. The Hall–Kier alpha value is -2.65. The van der Waals surface area contributed by atoms with Gasteiger partial charge in [0.15, 0.2) is 0 Å². The molecular weight excluding hydrogens is 346 g/mol. The molecule has 2 aliphatic rings. The molecule has 4 nitrogen and oxygen atoms in total. The number of hydrogen-bond acceptors (Lipinski definition) is 3. The van der Waals surface area contributed by atoms with E-state index in [0.717, 1.165) is 11.1 Å². The summed E-state index contributed by atoms with van der Waals surface area (Å²) in [7, 11) is 0. The second-order valence-electron chi connectivity index (χ2n) is 6.05. The van der Waals surface area contributed by atoms with Crippen LogP contribution in [-0.2, 0) is 4.79 Å². The number of nitrogens with one attached hydrogen (secondary N) is 1. The number of nitrogens with two attached hydrogens (primary N) is 1. The zero-order valence-electron chi connectivity index (χ0n) is 14.2. The first-order valence-electron chi connectivity index (χ1n) is 8.48. The highest BCUT2D eigenvalue weighted by Gasteiger charge is 2.17. The Kier molecular flexibility index (Phi) is 6.03. The predicted molar refractivity (Wildman–Crippen MR) is 106 cm³/mol. The highest BCUT2D eigenvalue weighted by atomic mass is 35.5. The fraction of sp³-hybridized carbons (Fsp3) is 0.190. The van der Waals surface area contributed by atoms with Gasteiger partial charge in [0.2, 0.25) is 0 Å². The van der Waals surface area contributed by atoms with Crippen LogP contribution in [0.5, 0.6) is 0 Å². The van der Waals surface area contributed by atoms with Crippen LogP contribution in [0, 0.1) is 5.92 Å². The van der Waals surface area contributed by atoms with E-state index >= 15 is 0 Å². The van der Waals surface area contributed by atoms with E-state index in [2.05, 4.69) is 16.0 Å². The predicted octanol–water partition coefficient (Wildman–Crippen LogP) is 3.64. The molecule has 26 heavy (non-hydrogen) atoms. The summed E-state index contributed by atoms with van der Waals surface area (Å²) >= 11 is 6.08. The number of carbonyl (C=O) groups is 1. The summed E-state index contributed by atoms with van der Waals surface area (Å²) in [5.41, 5.74) is 11.4. The van der Waals surface area contributed by atoms with Gasteiger partial charge in [0, 0.05) is 34.5 Å². The van der Waals surface area contributed by atoms with Gasteiger partial charge in [-0.1, -0.05) is 42.0 Å². The number of nitrogens with zero attached hydrogens (tertiary/aromatic N) is 1. The molecule has 0 spiro atoms. The van der Waals surface area contributed by atoms with Crippen LogP contribution in [0.15, 0.2) is 82.7 Å². The van der Waals surface area contributed by atoms with Gasteiger partial charge in [-0.2, -0.15) is 0 Å². The molecule has 1 amide bonds. The van der Waals surface area contributed by atoms with Crippen LogP contribution in [0.2, 0.25) is 5.02 Å². The van der Waals surface area contributed by atoms with Crippen LogP contribution in [-0.4, -0.2) is 18.7 Å². The standard InChI is InChI=1S/C21H20ClN3O/c22-19-6-2-4-17(13-19)20(9-11-23)25-21(26)16-3-1-5-18-14-24-12-10-15(18)7-8-16/h1-4,6-8,10,12-15,20H,9,11,23H2,(H,25,26)/b8-7+,16-3+. The quantitative estimate of drug-likeness (QED) is 0.782. The molecule has 1 aliphatic carbocycles. The smallest absolute Gasteiger partial charge is 0.251 e. The zero-order chi connectivity index (χ0) is 18.4. The first-order chi connectivity index (χ1) is 12.7. The zero-order valence-corrected chi connectivity index (χ0v) is 15.0. The molecule has 3 N–H and O–H groups in total. The number of halogens is 1. The van der Waals surface area contributed by atoms with E-state index in [1.807, 2.05) is 42.5 Å². The lowest BCUT2D eigenvalue weighted by molar-refractivity contribution is -0.117. The van der Waals surface area contributed by atoms with Crippen LogP contribution in [0.1, 0.15) is 18.0 Å². The minimum atomic E-state index is -0.192. The molecule has 5 heteroatoms. The number of hydrogen-bond donors (Lipinski definition) is 2. The van der Waals surface area contributed by atoms with Crippen molar-refractivity contribution in [1.82, 2.24) is 5.32 Å². The van der Waals surface area contributed by atoms with Gasteiger partial charge in [-0.3, -0.25) is 9.79 Å². The molecule has 132 valence electrons. The van der Waals surface area contributed by atoms with Gasteiger partial charge in [0.1, 0.15) is 0 Å². The molecule has 2 unspecified atom stereocenters. The number of rotatable bonds is 5. The Bertz CT molecular complexity index is 873. The van der Waals surface area contributed by atoms with Crippen molar-refractivity contribution >= 4 is 23.7 Å². The van der Waals surface area contributed by atoms with Gasteiger partial charge in [0.05, 0.1) is 6.04 Å². The van der Waals surface area contributed by atoms with Gasteiger partial charge in [-0.05, 0) is 42.8 Å². The summed E-state index contributed by atoms with van der Waals surface area (Å²) in [6, 6.07) is 7.28. The molecule has 0 fully saturated rings. The number of carbonyl (C=O) groups excluding carboxylic acids is 1. The van der Waals surface area contributed by atoms with Gasteiger partial charge in [-0.15, -0.1) is 5.73 Å². The summed E-state index contributed by atoms with van der Waals surface area (Å²) in [6.45, 7) is 0.463. The number of aliphatic imine (C=N–C) groups is 1. The molecule has 0 aromatic heterocycles. The van der Waals surface area contributed by atoms with Crippen molar-refractivity contribution in [3.8, 4) is 0 Å². The fourth-order valence-corrected chi connectivity index (χ4v) is 3.05. The molecule has 1 aliphatic heterocycles. The third kappa shape index (κ3) is 4.50. The maximum atomic E-state index is 12.8. The van der Waals surface area contributed by atoms with E-state index in [-0.39, 0.29) is 17.9 Å². The molecule has 2 atom stereocenters. The van der Waals surface area contributed by atoms with Crippen molar-refractivity contribution < 1.29 is 4.79 Å². The lowest BCUT2D eigenvalue weighted by atomic mass is 9.95. The average Bonchev–Trinajstić information content (AvgIpc) is 2.62. The molecule has 1 aromatic rings. The number of amides is 1.